The maximum absolute atomic E-state index is 11.9. The number of aliphatic imine (C=N–C) groups is 1. The standard InChI is InChI=1S/C14H12ClN3O2S/c1-2-7-18-13(20)11(12(19)17-14(18)21)8-16-10-5-3-9(15)4-6-10/h2-6,8,20H,1,7H2,(H,17,19,21). The van der Waals surface area contributed by atoms with E-state index in [1.54, 1.807) is 30.3 Å². The van der Waals surface area contributed by atoms with Gasteiger partial charge in [-0.05, 0) is 36.5 Å². The SMILES string of the molecule is C=CCn1c(O)c(C=Nc2ccc(Cl)cc2)c(=O)[nH]c1=S. The van der Waals surface area contributed by atoms with Crippen molar-refractivity contribution in [3.05, 3.63) is 62.6 Å². The van der Waals surface area contributed by atoms with Crippen LogP contribution in [-0.2, 0) is 6.54 Å². The molecule has 108 valence electrons. The summed E-state index contributed by atoms with van der Waals surface area (Å²) in [5, 5.41) is 10.7. The summed E-state index contributed by atoms with van der Waals surface area (Å²) in [7, 11) is 0. The third-order valence-corrected chi connectivity index (χ3v) is 3.26. The summed E-state index contributed by atoms with van der Waals surface area (Å²) in [6.07, 6.45) is 2.85. The Balaban J connectivity index is 2.46. The van der Waals surface area contributed by atoms with Crippen molar-refractivity contribution in [3.63, 3.8) is 0 Å². The molecule has 1 heterocycles. The maximum Gasteiger partial charge on any atom is 0.264 e. The zero-order valence-corrected chi connectivity index (χ0v) is 12.5. The quantitative estimate of drug-likeness (QED) is 0.516. The van der Waals surface area contributed by atoms with Crippen molar-refractivity contribution in [2.45, 2.75) is 6.54 Å². The average Bonchev–Trinajstić information content (AvgIpc) is 2.45. The summed E-state index contributed by atoms with van der Waals surface area (Å²) in [5.74, 6) is -0.249. The molecule has 5 nitrogen and oxygen atoms in total. The molecule has 0 atom stereocenters. The lowest BCUT2D eigenvalue weighted by Crippen LogP contribution is -2.18. The van der Waals surface area contributed by atoms with Gasteiger partial charge in [0.25, 0.3) is 5.56 Å². The summed E-state index contributed by atoms with van der Waals surface area (Å²) in [4.78, 5) is 18.5. The summed E-state index contributed by atoms with van der Waals surface area (Å²) < 4.78 is 1.48. The maximum atomic E-state index is 11.9. The molecular weight excluding hydrogens is 310 g/mol. The number of aromatic amines is 1. The van der Waals surface area contributed by atoms with Gasteiger partial charge in [0, 0.05) is 17.8 Å². The molecule has 7 heteroatoms. The predicted octanol–water partition coefficient (Wildman–Crippen LogP) is 3.20. The van der Waals surface area contributed by atoms with Gasteiger partial charge in [-0.15, -0.1) is 6.58 Å². The van der Waals surface area contributed by atoms with Crippen LogP contribution in [0.3, 0.4) is 0 Å². The summed E-state index contributed by atoms with van der Waals surface area (Å²) in [5.41, 5.74) is 0.131. The third-order valence-electron chi connectivity index (χ3n) is 2.69. The van der Waals surface area contributed by atoms with Crippen molar-refractivity contribution >= 4 is 35.7 Å². The molecule has 21 heavy (non-hydrogen) atoms. The normalized spacial score (nSPS) is 10.9. The number of halogens is 1. The van der Waals surface area contributed by atoms with E-state index in [9.17, 15) is 9.90 Å². The predicted molar refractivity (Wildman–Crippen MR) is 86.5 cm³/mol. The second kappa shape index (κ2) is 6.51. The van der Waals surface area contributed by atoms with Gasteiger partial charge in [0.05, 0.1) is 5.69 Å². The molecule has 2 N–H and O–H groups in total. The van der Waals surface area contributed by atoms with Crippen LogP contribution in [0.2, 0.25) is 5.02 Å². The van der Waals surface area contributed by atoms with Crippen LogP contribution in [0.25, 0.3) is 0 Å². The summed E-state index contributed by atoms with van der Waals surface area (Å²) >= 11 is 10.8. The second-order valence-electron chi connectivity index (χ2n) is 4.13. The van der Waals surface area contributed by atoms with E-state index in [1.807, 2.05) is 0 Å². The molecule has 0 aliphatic rings. The molecule has 0 saturated heterocycles. The Kier molecular flexibility index (Phi) is 4.72. The number of nitrogens with zero attached hydrogens (tertiary/aromatic N) is 2. The van der Waals surface area contributed by atoms with Crippen LogP contribution in [0.1, 0.15) is 5.56 Å². The Hall–Kier alpha value is -2.18. The number of hydrogen-bond acceptors (Lipinski definition) is 4. The van der Waals surface area contributed by atoms with E-state index in [2.05, 4.69) is 16.6 Å². The largest absolute Gasteiger partial charge is 0.494 e. The van der Waals surface area contributed by atoms with Gasteiger partial charge in [-0.1, -0.05) is 17.7 Å². The first kappa shape index (κ1) is 15.2. The van der Waals surface area contributed by atoms with E-state index < -0.39 is 5.56 Å². The van der Waals surface area contributed by atoms with Crippen LogP contribution in [0.5, 0.6) is 5.88 Å². The number of benzene rings is 1. The van der Waals surface area contributed by atoms with Gasteiger partial charge in [-0.3, -0.25) is 19.3 Å². The fourth-order valence-corrected chi connectivity index (χ4v) is 2.04. The van der Waals surface area contributed by atoms with Crippen LogP contribution < -0.4 is 5.56 Å². The number of rotatable bonds is 4. The van der Waals surface area contributed by atoms with Gasteiger partial charge < -0.3 is 5.11 Å². The number of aromatic nitrogens is 2. The van der Waals surface area contributed by atoms with Crippen molar-refractivity contribution in [1.82, 2.24) is 9.55 Å². The number of hydrogen-bond donors (Lipinski definition) is 2. The summed E-state index contributed by atoms with van der Waals surface area (Å²) in [6.45, 7) is 3.86. The van der Waals surface area contributed by atoms with Crippen molar-refractivity contribution in [1.29, 1.82) is 0 Å². The second-order valence-corrected chi connectivity index (χ2v) is 4.95. The van der Waals surface area contributed by atoms with E-state index in [-0.39, 0.29) is 22.8 Å². The van der Waals surface area contributed by atoms with Gasteiger partial charge in [0.15, 0.2) is 4.77 Å². The molecule has 2 aromatic rings. The zero-order valence-electron chi connectivity index (χ0n) is 10.9. The fraction of sp³-hybridized carbons (Fsp3) is 0.0714. The molecule has 0 unspecified atom stereocenters. The van der Waals surface area contributed by atoms with Crippen LogP contribution in [0.15, 0.2) is 46.7 Å². The molecule has 0 aliphatic heterocycles. The van der Waals surface area contributed by atoms with Gasteiger partial charge in [0.1, 0.15) is 5.56 Å². The first-order valence-corrected chi connectivity index (χ1v) is 6.78. The number of aromatic hydroxyl groups is 1. The van der Waals surface area contributed by atoms with Crippen molar-refractivity contribution in [2.75, 3.05) is 0 Å². The third kappa shape index (κ3) is 3.48. The van der Waals surface area contributed by atoms with Crippen molar-refractivity contribution in [3.8, 4) is 5.88 Å². The minimum atomic E-state index is -0.504. The van der Waals surface area contributed by atoms with Crippen LogP contribution >= 0.6 is 23.8 Å². The first-order chi connectivity index (χ1) is 10.0. The van der Waals surface area contributed by atoms with Crippen LogP contribution in [0, 0.1) is 4.77 Å². The van der Waals surface area contributed by atoms with Gasteiger partial charge in [-0.2, -0.15) is 0 Å². The van der Waals surface area contributed by atoms with E-state index in [0.717, 1.165) is 0 Å². The molecule has 0 amide bonds. The highest BCUT2D eigenvalue weighted by molar-refractivity contribution is 7.71. The molecule has 0 fully saturated rings. The molecule has 0 bridgehead atoms. The van der Waals surface area contributed by atoms with Crippen LogP contribution in [0.4, 0.5) is 5.69 Å². The monoisotopic (exact) mass is 321 g/mol. The number of allylic oxidation sites excluding steroid dienone is 1. The van der Waals surface area contributed by atoms with Crippen molar-refractivity contribution < 1.29 is 5.11 Å². The first-order valence-electron chi connectivity index (χ1n) is 5.99. The molecule has 0 spiro atoms. The lowest BCUT2D eigenvalue weighted by Gasteiger charge is -2.08. The topological polar surface area (TPSA) is 70.4 Å². The molecule has 1 aromatic heterocycles. The van der Waals surface area contributed by atoms with Gasteiger partial charge in [-0.25, -0.2) is 0 Å². The summed E-state index contributed by atoms with van der Waals surface area (Å²) in [6, 6.07) is 6.76. The zero-order chi connectivity index (χ0) is 15.4. The Labute approximate surface area is 130 Å². The smallest absolute Gasteiger partial charge is 0.264 e. The lowest BCUT2D eigenvalue weighted by molar-refractivity contribution is 0.413. The minimum absolute atomic E-state index is 0.0281. The van der Waals surface area contributed by atoms with E-state index in [4.69, 9.17) is 23.8 Å². The Morgan fingerprint density at radius 3 is 2.71 bits per heavy atom. The number of nitrogens with one attached hydrogen (secondary N) is 1. The van der Waals surface area contributed by atoms with E-state index in [1.165, 1.54) is 10.8 Å². The van der Waals surface area contributed by atoms with E-state index >= 15 is 0 Å². The molecular formula is C14H12ClN3O2S. The molecule has 0 radical (unpaired) electrons. The minimum Gasteiger partial charge on any atom is -0.494 e. The van der Waals surface area contributed by atoms with Crippen LogP contribution in [-0.4, -0.2) is 20.9 Å². The van der Waals surface area contributed by atoms with Gasteiger partial charge >= 0.3 is 0 Å². The Bertz CT molecular complexity index is 806. The molecule has 2 rings (SSSR count). The molecule has 0 saturated carbocycles. The van der Waals surface area contributed by atoms with E-state index in [0.29, 0.717) is 10.7 Å². The highest BCUT2D eigenvalue weighted by atomic mass is 35.5. The lowest BCUT2D eigenvalue weighted by atomic mass is 10.3. The van der Waals surface area contributed by atoms with Gasteiger partial charge in [0.2, 0.25) is 5.88 Å². The Morgan fingerprint density at radius 1 is 1.43 bits per heavy atom. The average molecular weight is 322 g/mol. The highest BCUT2D eigenvalue weighted by Crippen LogP contribution is 2.17. The molecule has 1 aromatic carbocycles. The number of H-pyrrole nitrogens is 1. The fourth-order valence-electron chi connectivity index (χ4n) is 1.66. The molecule has 0 aliphatic carbocycles. The highest BCUT2D eigenvalue weighted by Gasteiger charge is 2.09. The Morgan fingerprint density at radius 2 is 2.10 bits per heavy atom. The van der Waals surface area contributed by atoms with Crippen molar-refractivity contribution in [2.24, 2.45) is 4.99 Å².